The van der Waals surface area contributed by atoms with E-state index in [0.29, 0.717) is 37.1 Å². The van der Waals surface area contributed by atoms with Gasteiger partial charge < -0.3 is 29.7 Å². The van der Waals surface area contributed by atoms with Crippen molar-refractivity contribution in [3.8, 4) is 0 Å². The van der Waals surface area contributed by atoms with Gasteiger partial charge in [0.2, 0.25) is 9.84 Å². The van der Waals surface area contributed by atoms with E-state index >= 15 is 0 Å². The fourth-order valence-electron chi connectivity index (χ4n) is 5.00. The lowest BCUT2D eigenvalue weighted by Gasteiger charge is -2.22. The molecule has 3 aromatic carbocycles. The molecule has 0 aliphatic heterocycles. The lowest BCUT2D eigenvalue weighted by molar-refractivity contribution is 0.0786. The van der Waals surface area contributed by atoms with Crippen LogP contribution in [-0.2, 0) is 30.5 Å². The summed E-state index contributed by atoms with van der Waals surface area (Å²) < 4.78 is 71.5. The number of nitrogens with one attached hydrogen (secondary N) is 2. The van der Waals surface area contributed by atoms with Crippen LogP contribution in [-0.4, -0.2) is 94.8 Å². The van der Waals surface area contributed by atoms with Crippen LogP contribution in [0.3, 0.4) is 0 Å². The van der Waals surface area contributed by atoms with Crippen molar-refractivity contribution in [1.29, 1.82) is 0 Å². The highest BCUT2D eigenvalue weighted by atomic mass is 32.2. The Kier molecular flexibility index (Phi) is 12.4. The average molecular weight is 702 g/mol. The molecule has 4 rings (SSSR count). The molecule has 12 nitrogen and oxygen atoms in total. The second kappa shape index (κ2) is 16.3. The Bertz CT molecular complexity index is 1900. The Hall–Kier alpha value is -4.44. The van der Waals surface area contributed by atoms with Crippen LogP contribution in [0, 0.1) is 11.6 Å². The monoisotopic (exact) mass is 701 g/mol. The lowest BCUT2D eigenvalue weighted by Crippen LogP contribution is -2.27. The topological polar surface area (TPSA) is 141 Å². The summed E-state index contributed by atoms with van der Waals surface area (Å²) in [7, 11) is 1.10. The molecule has 0 saturated carbocycles. The number of ether oxygens (including phenoxy) is 3. The maximum Gasteiger partial charge on any atom is 0.435 e. The standard InChI is InChI=1S/C34H41F2N5O7S/c1-7-47-12-13-48-34(43)41-31-11-9-26(49(44,45)27-17-24(35)16-25(36)18-27)19-29(31)32(39-41)38-33(42)28-10-8-23(14-22(3)40(4)5)15-30(28)37-21(2)20-46-6/h8-11,15-19,21-22,37H,7,12-14,20H2,1-6H3,(H,38,39,42)/t21?,22-/m1/s1. The summed E-state index contributed by atoms with van der Waals surface area (Å²) in [5.41, 5.74) is 1.88. The van der Waals surface area contributed by atoms with E-state index in [1.807, 2.05) is 33.2 Å². The van der Waals surface area contributed by atoms with E-state index in [2.05, 4.69) is 27.6 Å². The van der Waals surface area contributed by atoms with Crippen LogP contribution in [0.4, 0.5) is 25.1 Å². The molecule has 1 heterocycles. The molecular weight excluding hydrogens is 660 g/mol. The SMILES string of the molecule is CCOCCOC(=O)n1nc(NC(=O)c2ccc(C[C@@H](C)N(C)C)cc2NC(C)COC)c2cc(S(=O)(=O)c3cc(F)cc(F)c3)ccc21. The zero-order valence-corrected chi connectivity index (χ0v) is 29.1. The lowest BCUT2D eigenvalue weighted by atomic mass is 10.0. The van der Waals surface area contributed by atoms with Crippen LogP contribution >= 0.6 is 0 Å². The van der Waals surface area contributed by atoms with E-state index in [0.717, 1.165) is 16.7 Å². The number of carbonyl (C=O) groups excluding carboxylic acids is 2. The van der Waals surface area contributed by atoms with Crippen molar-refractivity contribution in [2.24, 2.45) is 0 Å². The summed E-state index contributed by atoms with van der Waals surface area (Å²) in [5.74, 6) is -2.88. The van der Waals surface area contributed by atoms with Crippen LogP contribution in [0.15, 0.2) is 64.4 Å². The van der Waals surface area contributed by atoms with Crippen LogP contribution in [0.25, 0.3) is 10.9 Å². The Labute approximate surface area is 284 Å². The van der Waals surface area contributed by atoms with Crippen LogP contribution in [0.2, 0.25) is 0 Å². The van der Waals surface area contributed by atoms with Gasteiger partial charge in [-0.3, -0.25) is 4.79 Å². The number of hydrogen-bond donors (Lipinski definition) is 2. The molecule has 264 valence electrons. The van der Waals surface area contributed by atoms with Crippen molar-refractivity contribution < 1.29 is 41.0 Å². The smallest absolute Gasteiger partial charge is 0.435 e. The Balaban J connectivity index is 1.78. The van der Waals surface area contributed by atoms with Gasteiger partial charge in [-0.2, -0.15) is 4.68 Å². The number of methoxy groups -OCH3 is 1. The van der Waals surface area contributed by atoms with Crippen molar-refractivity contribution in [2.45, 2.75) is 49.1 Å². The third-order valence-corrected chi connectivity index (χ3v) is 9.46. The molecule has 0 bridgehead atoms. The number of halogens is 2. The molecular formula is C34H41F2N5O7S. The molecule has 2 N–H and O–H groups in total. The highest BCUT2D eigenvalue weighted by molar-refractivity contribution is 7.91. The number of sulfone groups is 1. The number of fused-ring (bicyclic) bond motifs is 1. The summed E-state index contributed by atoms with van der Waals surface area (Å²) in [6, 6.07) is 11.1. The van der Waals surface area contributed by atoms with Gasteiger partial charge in [-0.25, -0.2) is 22.0 Å². The van der Waals surface area contributed by atoms with Crippen molar-refractivity contribution in [3.05, 3.63) is 77.4 Å². The summed E-state index contributed by atoms with van der Waals surface area (Å²) in [4.78, 5) is 28.1. The van der Waals surface area contributed by atoms with Gasteiger partial charge in [0, 0.05) is 42.9 Å². The fraction of sp³-hybridized carbons (Fsp3) is 0.382. The van der Waals surface area contributed by atoms with Gasteiger partial charge in [0.1, 0.15) is 18.2 Å². The summed E-state index contributed by atoms with van der Waals surface area (Å²) >= 11 is 0. The fourth-order valence-corrected chi connectivity index (χ4v) is 6.33. The molecule has 1 amide bonds. The molecule has 0 aliphatic carbocycles. The quantitative estimate of drug-likeness (QED) is 0.156. The first kappa shape index (κ1) is 37.4. The zero-order valence-electron chi connectivity index (χ0n) is 28.2. The minimum absolute atomic E-state index is 0.0618. The van der Waals surface area contributed by atoms with Gasteiger partial charge in [0.05, 0.1) is 34.1 Å². The highest BCUT2D eigenvalue weighted by Crippen LogP contribution is 2.31. The minimum Gasteiger partial charge on any atom is -0.445 e. The van der Waals surface area contributed by atoms with Crippen molar-refractivity contribution in [3.63, 3.8) is 0 Å². The summed E-state index contributed by atoms with van der Waals surface area (Å²) in [6.45, 7) is 6.62. The van der Waals surface area contributed by atoms with Gasteiger partial charge in [0.15, 0.2) is 5.82 Å². The van der Waals surface area contributed by atoms with Gasteiger partial charge in [-0.05, 0) is 89.3 Å². The van der Waals surface area contributed by atoms with E-state index in [9.17, 15) is 26.8 Å². The number of benzene rings is 3. The van der Waals surface area contributed by atoms with Crippen molar-refractivity contribution >= 4 is 44.2 Å². The molecule has 1 aromatic heterocycles. The molecule has 0 fully saturated rings. The van der Waals surface area contributed by atoms with E-state index in [-0.39, 0.29) is 52.5 Å². The van der Waals surface area contributed by atoms with Crippen molar-refractivity contribution in [2.75, 3.05) is 58.3 Å². The molecule has 0 spiro atoms. The van der Waals surface area contributed by atoms with E-state index in [4.69, 9.17) is 14.2 Å². The number of aromatic nitrogens is 2. The number of nitrogens with zero attached hydrogens (tertiary/aromatic N) is 3. The van der Waals surface area contributed by atoms with Gasteiger partial charge in [0.25, 0.3) is 5.91 Å². The zero-order chi connectivity index (χ0) is 35.9. The molecule has 1 unspecified atom stereocenters. The Morgan fingerprint density at radius 3 is 2.35 bits per heavy atom. The summed E-state index contributed by atoms with van der Waals surface area (Å²) in [5, 5.41) is 10.4. The first-order valence-electron chi connectivity index (χ1n) is 15.6. The molecule has 15 heteroatoms. The van der Waals surface area contributed by atoms with Gasteiger partial charge in [-0.15, -0.1) is 5.10 Å². The summed E-state index contributed by atoms with van der Waals surface area (Å²) in [6.07, 6.45) is -0.182. The molecule has 2 atom stereocenters. The average Bonchev–Trinajstić information content (AvgIpc) is 3.40. The van der Waals surface area contributed by atoms with Crippen LogP contribution < -0.4 is 10.6 Å². The van der Waals surface area contributed by atoms with Crippen LogP contribution in [0.5, 0.6) is 0 Å². The first-order valence-corrected chi connectivity index (χ1v) is 17.1. The van der Waals surface area contributed by atoms with E-state index in [1.165, 1.54) is 18.2 Å². The Morgan fingerprint density at radius 1 is 0.980 bits per heavy atom. The first-order chi connectivity index (χ1) is 23.2. The van der Waals surface area contributed by atoms with Crippen molar-refractivity contribution in [1.82, 2.24) is 14.7 Å². The van der Waals surface area contributed by atoms with E-state index in [1.54, 1.807) is 20.1 Å². The number of hydrogen-bond acceptors (Lipinski definition) is 10. The predicted octanol–water partition coefficient (Wildman–Crippen LogP) is 5.36. The molecule has 4 aromatic rings. The second-order valence-corrected chi connectivity index (χ2v) is 13.7. The van der Waals surface area contributed by atoms with E-state index < -0.39 is 38.4 Å². The number of rotatable bonds is 15. The number of amides is 1. The second-order valence-electron chi connectivity index (χ2n) is 11.7. The molecule has 0 radical (unpaired) electrons. The van der Waals surface area contributed by atoms with Crippen LogP contribution in [0.1, 0.15) is 36.7 Å². The molecule has 49 heavy (non-hydrogen) atoms. The molecule has 0 aliphatic rings. The van der Waals surface area contributed by atoms with Gasteiger partial charge >= 0.3 is 6.09 Å². The Morgan fingerprint density at radius 2 is 1.69 bits per heavy atom. The highest BCUT2D eigenvalue weighted by Gasteiger charge is 2.25. The third-order valence-electron chi connectivity index (χ3n) is 7.73. The maximum atomic E-state index is 14.0. The largest absolute Gasteiger partial charge is 0.445 e. The minimum atomic E-state index is -4.44. The number of carbonyl (C=O) groups is 2. The number of likely N-dealkylation sites (N-methyl/N-ethyl adjacent to an activating group) is 1. The van der Waals surface area contributed by atoms with Gasteiger partial charge in [-0.1, -0.05) is 6.07 Å². The normalized spacial score (nSPS) is 13.0. The third kappa shape index (κ3) is 9.17. The number of anilines is 2. The molecule has 0 saturated heterocycles. The predicted molar refractivity (Wildman–Crippen MR) is 181 cm³/mol. The maximum absolute atomic E-state index is 14.0.